The number of nitrogens with zero attached hydrogens (tertiary/aromatic N) is 2. The lowest BCUT2D eigenvalue weighted by Gasteiger charge is -2.05. The second-order valence-corrected chi connectivity index (χ2v) is 2.31. The van der Waals surface area contributed by atoms with Crippen molar-refractivity contribution in [3.63, 3.8) is 0 Å². The minimum absolute atomic E-state index is 0.0517. The molecule has 5 nitrogen and oxygen atoms in total. The highest BCUT2D eigenvalue weighted by molar-refractivity contribution is 6.24. The van der Waals surface area contributed by atoms with Gasteiger partial charge < -0.3 is 5.11 Å². The number of hydrogen-bond donors (Lipinski definition) is 1. The van der Waals surface area contributed by atoms with E-state index < -0.39 is 5.03 Å². The van der Waals surface area contributed by atoms with Crippen LogP contribution in [-0.2, 0) is 0 Å². The number of halogens is 1. The van der Waals surface area contributed by atoms with Crippen molar-refractivity contribution in [2.75, 3.05) is 4.53 Å². The highest BCUT2D eigenvalue weighted by atomic mass is 35.5. The third-order valence-corrected chi connectivity index (χ3v) is 1.53. The van der Waals surface area contributed by atoms with Gasteiger partial charge in [0.25, 0.3) is 0 Å². The average Bonchev–Trinajstić information content (AvgIpc) is 2.04. The molecule has 0 saturated heterocycles. The van der Waals surface area contributed by atoms with E-state index in [0.717, 1.165) is 0 Å². The van der Waals surface area contributed by atoms with Gasteiger partial charge in [-0.2, -0.15) is 0 Å². The largest absolute Gasteiger partial charge is 0.505 e. The quantitative estimate of drug-likeness (QED) is 0.434. The molecule has 0 heterocycles. The molecule has 6 heteroatoms. The highest BCUT2D eigenvalue weighted by Gasteiger charge is 2.17. The fourth-order valence-electron chi connectivity index (χ4n) is 0.708. The summed E-state index contributed by atoms with van der Waals surface area (Å²) >= 11 is 5.22. The fourth-order valence-corrected chi connectivity index (χ4v) is 0.851. The molecule has 0 aliphatic rings. The Morgan fingerprint density at radius 1 is 1.50 bits per heavy atom. The van der Waals surface area contributed by atoms with Crippen LogP contribution in [0, 0.1) is 10.1 Å². The lowest BCUT2D eigenvalue weighted by molar-refractivity contribution is -0.475. The Labute approximate surface area is 73.0 Å². The SMILES string of the molecule is O=[N+]([O-])N(Cl)c1ccccc1O. The molecule has 1 rings (SSSR count). The van der Waals surface area contributed by atoms with Gasteiger partial charge in [-0.15, -0.1) is 0 Å². The molecule has 0 aliphatic carbocycles. The number of benzene rings is 1. The Kier molecular flexibility index (Phi) is 2.35. The molecular formula is C6H5ClN2O3. The summed E-state index contributed by atoms with van der Waals surface area (Å²) in [6.45, 7) is 0. The van der Waals surface area contributed by atoms with E-state index in [1.54, 1.807) is 6.07 Å². The molecule has 1 aromatic rings. The first-order valence-corrected chi connectivity index (χ1v) is 3.35. The van der Waals surface area contributed by atoms with Crippen LogP contribution in [0.25, 0.3) is 0 Å². The van der Waals surface area contributed by atoms with E-state index in [1.165, 1.54) is 18.2 Å². The highest BCUT2D eigenvalue weighted by Crippen LogP contribution is 2.27. The number of anilines is 1. The molecular weight excluding hydrogens is 184 g/mol. The van der Waals surface area contributed by atoms with E-state index in [0.29, 0.717) is 0 Å². The van der Waals surface area contributed by atoms with Crippen LogP contribution >= 0.6 is 11.8 Å². The summed E-state index contributed by atoms with van der Waals surface area (Å²) in [5, 5.41) is 18.4. The van der Waals surface area contributed by atoms with Gasteiger partial charge in [0.05, 0.1) is 11.8 Å². The Morgan fingerprint density at radius 2 is 2.08 bits per heavy atom. The molecule has 12 heavy (non-hydrogen) atoms. The summed E-state index contributed by atoms with van der Waals surface area (Å²) in [5.74, 6) is -0.232. The first-order valence-electron chi connectivity index (χ1n) is 3.01. The maximum atomic E-state index is 10.1. The number of aromatic hydroxyl groups is 1. The van der Waals surface area contributed by atoms with Gasteiger partial charge in [0.1, 0.15) is 5.75 Å². The second-order valence-electron chi connectivity index (χ2n) is 1.99. The van der Waals surface area contributed by atoms with Crippen LogP contribution in [0.5, 0.6) is 5.75 Å². The Hall–Kier alpha value is -1.49. The van der Waals surface area contributed by atoms with Crippen LogP contribution in [0.15, 0.2) is 24.3 Å². The summed E-state index contributed by atoms with van der Waals surface area (Å²) < 4.78 is 0.231. The van der Waals surface area contributed by atoms with Gasteiger partial charge in [0.15, 0.2) is 10.7 Å². The third-order valence-electron chi connectivity index (χ3n) is 1.22. The lowest BCUT2D eigenvalue weighted by atomic mass is 10.3. The Morgan fingerprint density at radius 3 is 2.58 bits per heavy atom. The fraction of sp³-hybridized carbons (Fsp3) is 0. The summed E-state index contributed by atoms with van der Waals surface area (Å²) in [6.07, 6.45) is 0. The van der Waals surface area contributed by atoms with Gasteiger partial charge >= 0.3 is 0 Å². The molecule has 64 valence electrons. The minimum Gasteiger partial charge on any atom is -0.505 e. The number of rotatable bonds is 2. The van der Waals surface area contributed by atoms with Crippen molar-refractivity contribution >= 4 is 17.5 Å². The first kappa shape index (κ1) is 8.61. The van der Waals surface area contributed by atoms with Crippen LogP contribution in [0.3, 0.4) is 0 Å². The summed E-state index contributed by atoms with van der Waals surface area (Å²) in [6, 6.07) is 5.73. The van der Waals surface area contributed by atoms with Gasteiger partial charge in [-0.05, 0) is 12.1 Å². The van der Waals surface area contributed by atoms with Crippen molar-refractivity contribution in [2.24, 2.45) is 0 Å². The summed E-state index contributed by atoms with van der Waals surface area (Å²) in [4.78, 5) is 10.1. The number of para-hydroxylation sites is 2. The molecule has 0 bridgehead atoms. The molecule has 1 N–H and O–H groups in total. The normalized spacial score (nSPS) is 9.42. The van der Waals surface area contributed by atoms with Crippen molar-refractivity contribution in [1.82, 2.24) is 0 Å². The van der Waals surface area contributed by atoms with Crippen molar-refractivity contribution in [3.05, 3.63) is 34.4 Å². The molecule has 0 aromatic heterocycles. The predicted molar refractivity (Wildman–Crippen MR) is 43.4 cm³/mol. The van der Waals surface area contributed by atoms with Crippen molar-refractivity contribution < 1.29 is 10.1 Å². The molecule has 0 aliphatic heterocycles. The van der Waals surface area contributed by atoms with Gasteiger partial charge in [-0.1, -0.05) is 12.1 Å². The maximum absolute atomic E-state index is 10.1. The average molecular weight is 189 g/mol. The first-order chi connectivity index (χ1) is 5.63. The van der Waals surface area contributed by atoms with E-state index in [1.807, 2.05) is 0 Å². The second kappa shape index (κ2) is 3.27. The van der Waals surface area contributed by atoms with E-state index in [9.17, 15) is 10.1 Å². The zero-order valence-corrected chi connectivity index (χ0v) is 6.60. The van der Waals surface area contributed by atoms with Gasteiger partial charge in [0.2, 0.25) is 0 Å². The van der Waals surface area contributed by atoms with Gasteiger partial charge in [0, 0.05) is 4.53 Å². The standard InChI is InChI=1S/C6H5ClN2O3/c7-8(9(11)12)5-3-1-2-4-6(5)10/h1-4,10H. The van der Waals surface area contributed by atoms with Crippen molar-refractivity contribution in [2.45, 2.75) is 0 Å². The van der Waals surface area contributed by atoms with Crippen molar-refractivity contribution in [3.8, 4) is 5.75 Å². The molecule has 0 unspecified atom stereocenters. The monoisotopic (exact) mass is 188 g/mol. The van der Waals surface area contributed by atoms with Crippen LogP contribution in [0.1, 0.15) is 0 Å². The summed E-state index contributed by atoms with van der Waals surface area (Å²) in [7, 11) is 0. The van der Waals surface area contributed by atoms with Gasteiger partial charge in [-0.25, -0.2) is 10.1 Å². The number of phenols is 1. The molecule has 0 spiro atoms. The van der Waals surface area contributed by atoms with Crippen LogP contribution < -0.4 is 4.53 Å². The number of nitro groups is 1. The molecule has 0 atom stereocenters. The number of phenolic OH excluding ortho intramolecular Hbond substituents is 1. The smallest absolute Gasteiger partial charge is 0.181 e. The lowest BCUT2D eigenvalue weighted by Crippen LogP contribution is -2.18. The number of hydrazine groups is 1. The zero-order valence-electron chi connectivity index (χ0n) is 5.85. The predicted octanol–water partition coefficient (Wildman–Crippen LogP) is 1.54. The van der Waals surface area contributed by atoms with E-state index in [4.69, 9.17) is 16.9 Å². The topological polar surface area (TPSA) is 66.6 Å². The molecule has 0 saturated carbocycles. The molecule has 0 fully saturated rings. The van der Waals surface area contributed by atoms with E-state index in [2.05, 4.69) is 0 Å². The maximum Gasteiger partial charge on any atom is 0.181 e. The molecule has 0 amide bonds. The molecule has 1 aromatic carbocycles. The van der Waals surface area contributed by atoms with Crippen LogP contribution in [-0.4, -0.2) is 10.1 Å². The summed E-state index contributed by atoms with van der Waals surface area (Å²) in [5.41, 5.74) is -0.0517. The third kappa shape index (κ3) is 1.57. The number of hydrogen-bond acceptors (Lipinski definition) is 3. The Bertz CT molecular complexity index is 305. The Balaban J connectivity index is 3.02. The van der Waals surface area contributed by atoms with E-state index >= 15 is 0 Å². The van der Waals surface area contributed by atoms with E-state index in [-0.39, 0.29) is 16.0 Å². The minimum atomic E-state index is -0.837. The van der Waals surface area contributed by atoms with Crippen LogP contribution in [0.4, 0.5) is 5.69 Å². The van der Waals surface area contributed by atoms with Gasteiger partial charge in [-0.3, -0.25) is 0 Å². The zero-order chi connectivity index (χ0) is 9.14. The van der Waals surface area contributed by atoms with Crippen LogP contribution in [0.2, 0.25) is 0 Å². The molecule has 0 radical (unpaired) electrons. The van der Waals surface area contributed by atoms with Crippen molar-refractivity contribution in [1.29, 1.82) is 0 Å².